The molecular formula is C11H18ClN3O2S. The number of aryl methyl sites for hydroxylation is 1. The molecular weight excluding hydrogens is 274 g/mol. The largest absolute Gasteiger partial charge is 0.332 e. The third-order valence-corrected chi connectivity index (χ3v) is 5.25. The van der Waals surface area contributed by atoms with Gasteiger partial charge in [0.1, 0.15) is 5.82 Å². The summed E-state index contributed by atoms with van der Waals surface area (Å²) in [5.41, 5.74) is 0. The second kappa shape index (κ2) is 5.59. The van der Waals surface area contributed by atoms with E-state index in [1.54, 1.807) is 6.92 Å². The van der Waals surface area contributed by atoms with Gasteiger partial charge in [0.2, 0.25) is 0 Å². The van der Waals surface area contributed by atoms with Crippen molar-refractivity contribution in [3.63, 3.8) is 0 Å². The zero-order valence-electron chi connectivity index (χ0n) is 10.3. The quantitative estimate of drug-likeness (QED) is 0.810. The molecule has 0 spiro atoms. The second-order valence-electron chi connectivity index (χ2n) is 4.79. The first-order chi connectivity index (χ1) is 8.53. The summed E-state index contributed by atoms with van der Waals surface area (Å²) in [7, 11) is -3.47. The van der Waals surface area contributed by atoms with Gasteiger partial charge in [0, 0.05) is 12.4 Å². The van der Waals surface area contributed by atoms with Crippen molar-refractivity contribution in [3.05, 3.63) is 12.0 Å². The number of nitrogens with zero attached hydrogens (tertiary/aromatic N) is 1. The zero-order chi connectivity index (χ0) is 13.2. The van der Waals surface area contributed by atoms with E-state index in [2.05, 4.69) is 14.7 Å². The van der Waals surface area contributed by atoms with Gasteiger partial charge in [-0.25, -0.2) is 18.1 Å². The number of aromatic nitrogens is 2. The number of hydrogen-bond donors (Lipinski definition) is 2. The lowest BCUT2D eigenvalue weighted by molar-refractivity contribution is 0.418. The fourth-order valence-corrected chi connectivity index (χ4v) is 3.88. The lowest BCUT2D eigenvalue weighted by Crippen LogP contribution is -2.31. The van der Waals surface area contributed by atoms with Crippen molar-refractivity contribution in [1.29, 1.82) is 0 Å². The molecule has 0 aliphatic heterocycles. The summed E-state index contributed by atoms with van der Waals surface area (Å²) in [4.78, 5) is 6.63. The topological polar surface area (TPSA) is 74.8 Å². The van der Waals surface area contributed by atoms with E-state index < -0.39 is 10.0 Å². The Bertz CT molecular complexity index is 500. The Labute approximate surface area is 112 Å². The van der Waals surface area contributed by atoms with Gasteiger partial charge in [-0.1, -0.05) is 6.42 Å². The predicted octanol–water partition coefficient (Wildman–Crippen LogP) is 1.65. The first-order valence-electron chi connectivity index (χ1n) is 6.10. The van der Waals surface area contributed by atoms with Crippen LogP contribution < -0.4 is 4.72 Å². The number of rotatable bonds is 5. The van der Waals surface area contributed by atoms with Crippen molar-refractivity contribution < 1.29 is 8.42 Å². The van der Waals surface area contributed by atoms with Crippen molar-refractivity contribution in [2.45, 2.75) is 31.2 Å². The fourth-order valence-electron chi connectivity index (χ4n) is 2.41. The molecule has 1 aromatic heterocycles. The Kier molecular flexibility index (Phi) is 4.29. The second-order valence-corrected chi connectivity index (χ2v) is 6.83. The minimum atomic E-state index is -3.47. The number of aromatic amines is 1. The molecule has 102 valence electrons. The van der Waals surface area contributed by atoms with Crippen LogP contribution >= 0.6 is 11.6 Å². The average molecular weight is 292 g/mol. The fraction of sp³-hybridized carbons (Fsp3) is 0.727. The maximum absolute atomic E-state index is 12.0. The average Bonchev–Trinajstić information content (AvgIpc) is 2.94. The molecule has 1 fully saturated rings. The van der Waals surface area contributed by atoms with Gasteiger partial charge in [0.15, 0.2) is 5.03 Å². The maximum atomic E-state index is 12.0. The predicted molar refractivity (Wildman–Crippen MR) is 70.1 cm³/mol. The number of imidazole rings is 1. The first-order valence-corrected chi connectivity index (χ1v) is 8.12. The Morgan fingerprint density at radius 1 is 1.50 bits per heavy atom. The van der Waals surface area contributed by atoms with Gasteiger partial charge in [-0.3, -0.25) is 0 Å². The molecule has 0 aromatic carbocycles. The van der Waals surface area contributed by atoms with Crippen LogP contribution in [0, 0.1) is 18.8 Å². The van der Waals surface area contributed by atoms with Gasteiger partial charge in [-0.15, -0.1) is 11.6 Å². The smallest absolute Gasteiger partial charge is 0.257 e. The van der Waals surface area contributed by atoms with Crippen LogP contribution in [0.5, 0.6) is 0 Å². The van der Waals surface area contributed by atoms with E-state index in [1.807, 2.05) is 0 Å². The standard InChI is InChI=1S/C11H18ClN3O2S/c1-8-13-7-11(15-8)18(16,17)14-6-10-4-2-3-9(10)5-12/h7,9-10,14H,2-6H2,1H3,(H,13,15). The number of sulfonamides is 1. The van der Waals surface area contributed by atoms with Gasteiger partial charge in [-0.2, -0.15) is 0 Å². The number of hydrogen-bond acceptors (Lipinski definition) is 3. The van der Waals surface area contributed by atoms with Crippen LogP contribution in [-0.2, 0) is 10.0 Å². The first kappa shape index (κ1) is 13.8. The zero-order valence-corrected chi connectivity index (χ0v) is 11.9. The van der Waals surface area contributed by atoms with E-state index in [0.717, 1.165) is 19.3 Å². The Hall–Kier alpha value is -0.590. The summed E-state index contributed by atoms with van der Waals surface area (Å²) in [6.07, 6.45) is 4.61. The number of halogens is 1. The van der Waals surface area contributed by atoms with Gasteiger partial charge >= 0.3 is 0 Å². The molecule has 1 aliphatic carbocycles. The molecule has 1 saturated carbocycles. The molecule has 2 N–H and O–H groups in total. The van der Waals surface area contributed by atoms with Crippen LogP contribution in [0.25, 0.3) is 0 Å². The highest BCUT2D eigenvalue weighted by molar-refractivity contribution is 7.89. The van der Waals surface area contributed by atoms with E-state index in [-0.39, 0.29) is 5.03 Å². The summed E-state index contributed by atoms with van der Waals surface area (Å²) < 4.78 is 26.6. The molecule has 0 bridgehead atoms. The summed E-state index contributed by atoms with van der Waals surface area (Å²) in [6.45, 7) is 2.18. The highest BCUT2D eigenvalue weighted by atomic mass is 35.5. The van der Waals surface area contributed by atoms with Crippen molar-refractivity contribution in [1.82, 2.24) is 14.7 Å². The normalized spacial score (nSPS) is 24.6. The lowest BCUT2D eigenvalue weighted by atomic mass is 9.98. The molecule has 2 atom stereocenters. The van der Waals surface area contributed by atoms with Crippen LogP contribution in [0.3, 0.4) is 0 Å². The van der Waals surface area contributed by atoms with E-state index >= 15 is 0 Å². The van der Waals surface area contributed by atoms with Crippen molar-refractivity contribution in [2.24, 2.45) is 11.8 Å². The molecule has 2 unspecified atom stereocenters. The van der Waals surface area contributed by atoms with Crippen LogP contribution in [0.1, 0.15) is 25.1 Å². The maximum Gasteiger partial charge on any atom is 0.257 e. The summed E-state index contributed by atoms with van der Waals surface area (Å²) in [6, 6.07) is 0. The highest BCUT2D eigenvalue weighted by Crippen LogP contribution is 2.32. The molecule has 0 saturated heterocycles. The van der Waals surface area contributed by atoms with Crippen LogP contribution in [-0.4, -0.2) is 30.8 Å². The summed E-state index contributed by atoms with van der Waals surface area (Å²) in [5.74, 6) is 1.98. The van der Waals surface area contributed by atoms with E-state index in [0.29, 0.717) is 30.1 Å². The van der Waals surface area contributed by atoms with Crippen molar-refractivity contribution in [2.75, 3.05) is 12.4 Å². The molecule has 2 rings (SSSR count). The molecule has 7 heteroatoms. The third kappa shape index (κ3) is 3.05. The Morgan fingerprint density at radius 3 is 2.83 bits per heavy atom. The van der Waals surface area contributed by atoms with Gasteiger partial charge in [0.25, 0.3) is 10.0 Å². The van der Waals surface area contributed by atoms with E-state index in [9.17, 15) is 8.42 Å². The number of nitrogens with one attached hydrogen (secondary N) is 2. The monoisotopic (exact) mass is 291 g/mol. The summed E-state index contributed by atoms with van der Waals surface area (Å²) >= 11 is 5.88. The molecule has 18 heavy (non-hydrogen) atoms. The molecule has 0 radical (unpaired) electrons. The molecule has 5 nitrogen and oxygen atoms in total. The number of alkyl halides is 1. The SMILES string of the molecule is Cc1ncc(S(=O)(=O)NCC2CCCC2CCl)[nH]1. The molecule has 1 aliphatic rings. The number of H-pyrrole nitrogens is 1. The van der Waals surface area contributed by atoms with Crippen LogP contribution in [0.15, 0.2) is 11.2 Å². The highest BCUT2D eigenvalue weighted by Gasteiger charge is 2.28. The third-order valence-electron chi connectivity index (χ3n) is 3.52. The van der Waals surface area contributed by atoms with E-state index in [4.69, 9.17) is 11.6 Å². The Balaban J connectivity index is 1.97. The van der Waals surface area contributed by atoms with Gasteiger partial charge in [-0.05, 0) is 31.6 Å². The molecule has 0 amide bonds. The summed E-state index contributed by atoms with van der Waals surface area (Å²) in [5, 5.41) is 0.125. The molecule has 1 heterocycles. The van der Waals surface area contributed by atoms with Crippen molar-refractivity contribution >= 4 is 21.6 Å². The van der Waals surface area contributed by atoms with Crippen LogP contribution in [0.2, 0.25) is 0 Å². The molecule has 1 aromatic rings. The van der Waals surface area contributed by atoms with Gasteiger partial charge in [0.05, 0.1) is 6.20 Å². The van der Waals surface area contributed by atoms with Crippen molar-refractivity contribution in [3.8, 4) is 0 Å². The van der Waals surface area contributed by atoms with E-state index in [1.165, 1.54) is 6.20 Å². The minimum Gasteiger partial charge on any atom is -0.332 e. The minimum absolute atomic E-state index is 0.125. The lowest BCUT2D eigenvalue weighted by Gasteiger charge is -2.17. The van der Waals surface area contributed by atoms with Crippen LogP contribution in [0.4, 0.5) is 0 Å². The van der Waals surface area contributed by atoms with Gasteiger partial charge < -0.3 is 4.98 Å². The Morgan fingerprint density at radius 2 is 2.22 bits per heavy atom.